The lowest BCUT2D eigenvalue weighted by molar-refractivity contribution is 0.436. The van der Waals surface area contributed by atoms with Gasteiger partial charge < -0.3 is 0 Å². The van der Waals surface area contributed by atoms with Crippen LogP contribution in [0.2, 0.25) is 0 Å². The third-order valence-electron chi connectivity index (χ3n) is 2.29. The van der Waals surface area contributed by atoms with Crippen LogP contribution in [0, 0.1) is 11.8 Å². The molecule has 0 bridgehead atoms. The third kappa shape index (κ3) is 6.45. The van der Waals surface area contributed by atoms with Crippen molar-refractivity contribution in [2.24, 2.45) is 11.8 Å². The van der Waals surface area contributed by atoms with Crippen LogP contribution < -0.4 is 0 Å². The Morgan fingerprint density at radius 1 is 1.25 bits per heavy atom. The van der Waals surface area contributed by atoms with E-state index < -0.39 is 0 Å². The van der Waals surface area contributed by atoms with Crippen molar-refractivity contribution >= 4 is 0 Å². The molecular formula is C12H24. The number of rotatable bonds is 7. The van der Waals surface area contributed by atoms with E-state index in [0.29, 0.717) is 0 Å². The Hall–Kier alpha value is -0.260. The number of hydrogen-bond donors (Lipinski definition) is 0. The Kier molecular flexibility index (Phi) is 7.23. The summed E-state index contributed by atoms with van der Waals surface area (Å²) < 4.78 is 0. The molecule has 0 aromatic rings. The van der Waals surface area contributed by atoms with Gasteiger partial charge in [-0.05, 0) is 24.7 Å². The first-order valence-electron chi connectivity index (χ1n) is 5.33. The molecule has 0 rings (SSSR count). The number of hydrogen-bond acceptors (Lipinski definition) is 0. The summed E-state index contributed by atoms with van der Waals surface area (Å²) >= 11 is 0. The molecule has 0 aromatic heterocycles. The zero-order chi connectivity index (χ0) is 9.40. The van der Waals surface area contributed by atoms with Crippen LogP contribution in [-0.2, 0) is 0 Å². The van der Waals surface area contributed by atoms with Crippen molar-refractivity contribution in [3.63, 3.8) is 0 Å². The van der Waals surface area contributed by atoms with Crippen LogP contribution in [0.3, 0.4) is 0 Å². The fraction of sp³-hybridized carbons (Fsp3) is 0.833. The smallest absolute Gasteiger partial charge is 0.0234 e. The maximum atomic E-state index is 3.89. The molecule has 1 atom stereocenters. The van der Waals surface area contributed by atoms with Gasteiger partial charge >= 0.3 is 0 Å². The molecule has 0 amide bonds. The van der Waals surface area contributed by atoms with Crippen molar-refractivity contribution in [2.75, 3.05) is 0 Å². The lowest BCUT2D eigenvalue weighted by Gasteiger charge is -2.14. The van der Waals surface area contributed by atoms with Crippen molar-refractivity contribution in [3.05, 3.63) is 12.7 Å². The van der Waals surface area contributed by atoms with Gasteiger partial charge in [-0.25, -0.2) is 0 Å². The first kappa shape index (κ1) is 11.7. The molecule has 0 N–H and O–H groups in total. The largest absolute Gasteiger partial charge is 0.103 e. The van der Waals surface area contributed by atoms with E-state index >= 15 is 0 Å². The lowest BCUT2D eigenvalue weighted by Crippen LogP contribution is -2.01. The van der Waals surface area contributed by atoms with Gasteiger partial charge in [-0.2, -0.15) is 0 Å². The fourth-order valence-electron chi connectivity index (χ4n) is 1.59. The molecule has 0 saturated heterocycles. The molecule has 0 radical (unpaired) electrons. The van der Waals surface area contributed by atoms with Gasteiger partial charge in [-0.1, -0.05) is 46.1 Å². The normalized spacial score (nSPS) is 13.3. The van der Waals surface area contributed by atoms with E-state index in [1.165, 1.54) is 32.1 Å². The molecule has 0 aliphatic heterocycles. The molecule has 0 aliphatic carbocycles. The Bertz CT molecular complexity index is 103. The Balaban J connectivity index is 3.46. The van der Waals surface area contributed by atoms with Gasteiger partial charge in [0.05, 0.1) is 0 Å². The average Bonchev–Trinajstić information content (AvgIpc) is 2.02. The van der Waals surface area contributed by atoms with E-state index in [-0.39, 0.29) is 0 Å². The zero-order valence-electron chi connectivity index (χ0n) is 8.97. The first-order chi connectivity index (χ1) is 5.70. The average molecular weight is 168 g/mol. The van der Waals surface area contributed by atoms with Crippen LogP contribution in [0.15, 0.2) is 12.7 Å². The summed E-state index contributed by atoms with van der Waals surface area (Å²) in [7, 11) is 0. The minimum absolute atomic E-state index is 0.761. The second-order valence-corrected chi connectivity index (χ2v) is 4.12. The van der Waals surface area contributed by atoms with E-state index in [4.69, 9.17) is 0 Å². The SMILES string of the molecule is C=CC(CCCCC)CC(C)C. The summed E-state index contributed by atoms with van der Waals surface area (Å²) in [5.41, 5.74) is 0. The van der Waals surface area contributed by atoms with Crippen LogP contribution >= 0.6 is 0 Å². The quantitative estimate of drug-likeness (QED) is 0.390. The molecule has 0 heteroatoms. The molecule has 0 spiro atoms. The molecule has 0 saturated carbocycles. The molecule has 0 aromatic carbocycles. The molecule has 0 fully saturated rings. The highest BCUT2D eigenvalue weighted by atomic mass is 14.1. The van der Waals surface area contributed by atoms with Gasteiger partial charge in [0.25, 0.3) is 0 Å². The van der Waals surface area contributed by atoms with Gasteiger partial charge in [0.15, 0.2) is 0 Å². The minimum atomic E-state index is 0.761. The van der Waals surface area contributed by atoms with E-state index in [2.05, 4.69) is 33.4 Å². The summed E-state index contributed by atoms with van der Waals surface area (Å²) in [6.07, 6.45) is 8.87. The Labute approximate surface area is 78.1 Å². The van der Waals surface area contributed by atoms with Crippen molar-refractivity contribution in [3.8, 4) is 0 Å². The summed E-state index contributed by atoms with van der Waals surface area (Å²) in [5, 5.41) is 0. The predicted octanol–water partition coefficient (Wildman–Crippen LogP) is 4.42. The minimum Gasteiger partial charge on any atom is -0.103 e. The predicted molar refractivity (Wildman–Crippen MR) is 57.3 cm³/mol. The van der Waals surface area contributed by atoms with Crippen LogP contribution in [0.1, 0.15) is 52.9 Å². The van der Waals surface area contributed by atoms with E-state index in [9.17, 15) is 0 Å². The van der Waals surface area contributed by atoms with Crippen LogP contribution in [-0.4, -0.2) is 0 Å². The molecule has 0 heterocycles. The highest BCUT2D eigenvalue weighted by Gasteiger charge is 2.05. The van der Waals surface area contributed by atoms with E-state index in [1.807, 2.05) is 0 Å². The van der Waals surface area contributed by atoms with Gasteiger partial charge in [0, 0.05) is 0 Å². The summed E-state index contributed by atoms with van der Waals surface area (Å²) in [5.74, 6) is 1.58. The van der Waals surface area contributed by atoms with Crippen molar-refractivity contribution in [2.45, 2.75) is 52.9 Å². The highest BCUT2D eigenvalue weighted by molar-refractivity contribution is 4.79. The molecule has 0 aliphatic rings. The van der Waals surface area contributed by atoms with Gasteiger partial charge in [0.2, 0.25) is 0 Å². The van der Waals surface area contributed by atoms with Gasteiger partial charge in [-0.15, -0.1) is 6.58 Å². The zero-order valence-corrected chi connectivity index (χ0v) is 8.97. The van der Waals surface area contributed by atoms with E-state index in [0.717, 1.165) is 11.8 Å². The summed E-state index contributed by atoms with van der Waals surface area (Å²) in [6, 6.07) is 0. The van der Waals surface area contributed by atoms with E-state index in [1.54, 1.807) is 0 Å². The highest BCUT2D eigenvalue weighted by Crippen LogP contribution is 2.19. The van der Waals surface area contributed by atoms with Crippen LogP contribution in [0.4, 0.5) is 0 Å². The van der Waals surface area contributed by atoms with Crippen LogP contribution in [0.5, 0.6) is 0 Å². The molecule has 12 heavy (non-hydrogen) atoms. The molecule has 0 nitrogen and oxygen atoms in total. The second kappa shape index (κ2) is 7.39. The van der Waals surface area contributed by atoms with Crippen molar-refractivity contribution in [1.82, 2.24) is 0 Å². The van der Waals surface area contributed by atoms with Gasteiger partial charge in [-0.3, -0.25) is 0 Å². The van der Waals surface area contributed by atoms with Crippen LogP contribution in [0.25, 0.3) is 0 Å². The number of allylic oxidation sites excluding steroid dienone is 1. The standard InChI is InChI=1S/C12H24/c1-5-7-8-9-12(6-2)10-11(3)4/h6,11-12H,2,5,7-10H2,1,3-4H3. The fourth-order valence-corrected chi connectivity index (χ4v) is 1.59. The summed E-state index contributed by atoms with van der Waals surface area (Å²) in [6.45, 7) is 10.7. The Morgan fingerprint density at radius 2 is 1.92 bits per heavy atom. The lowest BCUT2D eigenvalue weighted by atomic mass is 9.92. The molecule has 72 valence electrons. The van der Waals surface area contributed by atoms with Crippen molar-refractivity contribution < 1.29 is 0 Å². The monoisotopic (exact) mass is 168 g/mol. The number of unbranched alkanes of at least 4 members (excludes halogenated alkanes) is 2. The maximum absolute atomic E-state index is 3.89. The maximum Gasteiger partial charge on any atom is -0.0234 e. The Morgan fingerprint density at radius 3 is 2.33 bits per heavy atom. The molecule has 1 unspecified atom stereocenters. The second-order valence-electron chi connectivity index (χ2n) is 4.12. The summed E-state index contributed by atoms with van der Waals surface area (Å²) in [4.78, 5) is 0. The van der Waals surface area contributed by atoms with Gasteiger partial charge in [0.1, 0.15) is 0 Å². The first-order valence-corrected chi connectivity index (χ1v) is 5.33. The third-order valence-corrected chi connectivity index (χ3v) is 2.29. The topological polar surface area (TPSA) is 0 Å². The molecular weight excluding hydrogens is 144 g/mol. The van der Waals surface area contributed by atoms with Crippen molar-refractivity contribution in [1.29, 1.82) is 0 Å².